The van der Waals surface area contributed by atoms with Gasteiger partial charge < -0.3 is 14.7 Å². The summed E-state index contributed by atoms with van der Waals surface area (Å²) in [6.45, 7) is 2.05. The van der Waals surface area contributed by atoms with E-state index >= 15 is 0 Å². The SMILES string of the molecule is CCN(CCC(=O)O)C(=O)COc1cccc(F)c1. The summed E-state index contributed by atoms with van der Waals surface area (Å²) in [5, 5.41) is 8.57. The fourth-order valence-corrected chi connectivity index (χ4v) is 1.48. The quantitative estimate of drug-likeness (QED) is 0.815. The third-order valence-electron chi connectivity index (χ3n) is 2.49. The van der Waals surface area contributed by atoms with Crippen LogP contribution in [0.15, 0.2) is 24.3 Å². The number of amides is 1. The second kappa shape index (κ2) is 7.35. The van der Waals surface area contributed by atoms with Gasteiger partial charge in [0, 0.05) is 19.2 Å². The van der Waals surface area contributed by atoms with Crippen molar-refractivity contribution in [1.29, 1.82) is 0 Å². The zero-order chi connectivity index (χ0) is 14.3. The molecule has 0 radical (unpaired) electrons. The largest absolute Gasteiger partial charge is 0.484 e. The highest BCUT2D eigenvalue weighted by Crippen LogP contribution is 2.11. The maximum atomic E-state index is 12.9. The molecule has 0 aromatic heterocycles. The lowest BCUT2D eigenvalue weighted by Crippen LogP contribution is -2.36. The van der Waals surface area contributed by atoms with Crippen LogP contribution in [-0.2, 0) is 9.59 Å². The molecule has 0 unspecified atom stereocenters. The van der Waals surface area contributed by atoms with Gasteiger partial charge in [0.15, 0.2) is 6.61 Å². The number of benzene rings is 1. The predicted molar refractivity (Wildman–Crippen MR) is 66.4 cm³/mol. The fourth-order valence-electron chi connectivity index (χ4n) is 1.48. The molecule has 0 saturated carbocycles. The normalized spacial score (nSPS) is 10.0. The van der Waals surface area contributed by atoms with Gasteiger partial charge in [0.25, 0.3) is 5.91 Å². The number of hydrogen-bond donors (Lipinski definition) is 1. The molecule has 1 N–H and O–H groups in total. The second-order valence-corrected chi connectivity index (χ2v) is 3.86. The molecule has 1 aromatic rings. The topological polar surface area (TPSA) is 66.8 Å². The van der Waals surface area contributed by atoms with Crippen LogP contribution in [0.25, 0.3) is 0 Å². The second-order valence-electron chi connectivity index (χ2n) is 3.86. The summed E-state index contributed by atoms with van der Waals surface area (Å²) in [6.07, 6.45) is -0.112. The first-order valence-electron chi connectivity index (χ1n) is 5.91. The number of carboxylic acid groups (broad SMARTS) is 1. The Morgan fingerprint density at radius 3 is 2.74 bits per heavy atom. The molecule has 0 aliphatic carbocycles. The number of carboxylic acids is 1. The molecule has 0 fully saturated rings. The van der Waals surface area contributed by atoms with Crippen molar-refractivity contribution in [3.05, 3.63) is 30.1 Å². The first-order valence-corrected chi connectivity index (χ1v) is 5.91. The number of likely N-dealkylation sites (N-methyl/N-ethyl adjacent to an activating group) is 1. The molecule has 0 heterocycles. The van der Waals surface area contributed by atoms with Crippen LogP contribution in [0.3, 0.4) is 0 Å². The van der Waals surface area contributed by atoms with Crippen molar-refractivity contribution in [2.75, 3.05) is 19.7 Å². The number of hydrogen-bond acceptors (Lipinski definition) is 3. The molecule has 0 bridgehead atoms. The molecule has 5 nitrogen and oxygen atoms in total. The van der Waals surface area contributed by atoms with Crippen LogP contribution in [0.1, 0.15) is 13.3 Å². The summed E-state index contributed by atoms with van der Waals surface area (Å²) in [5.74, 6) is -1.46. The van der Waals surface area contributed by atoms with Crippen LogP contribution in [0.4, 0.5) is 4.39 Å². The summed E-state index contributed by atoms with van der Waals surface area (Å²) in [5.41, 5.74) is 0. The van der Waals surface area contributed by atoms with E-state index in [1.54, 1.807) is 13.0 Å². The van der Waals surface area contributed by atoms with Crippen molar-refractivity contribution in [1.82, 2.24) is 4.90 Å². The first kappa shape index (κ1) is 14.9. The zero-order valence-corrected chi connectivity index (χ0v) is 10.6. The van der Waals surface area contributed by atoms with Crippen molar-refractivity contribution >= 4 is 11.9 Å². The number of nitrogens with zero attached hydrogens (tertiary/aromatic N) is 1. The Bertz CT molecular complexity index is 450. The van der Waals surface area contributed by atoms with Crippen LogP contribution >= 0.6 is 0 Å². The average molecular weight is 269 g/mol. The highest BCUT2D eigenvalue weighted by atomic mass is 19.1. The van der Waals surface area contributed by atoms with E-state index in [9.17, 15) is 14.0 Å². The number of carbonyl (C=O) groups excluding carboxylic acids is 1. The van der Waals surface area contributed by atoms with Gasteiger partial charge in [-0.15, -0.1) is 0 Å². The minimum atomic E-state index is -0.961. The van der Waals surface area contributed by atoms with Crippen molar-refractivity contribution < 1.29 is 23.8 Å². The maximum Gasteiger partial charge on any atom is 0.305 e. The van der Waals surface area contributed by atoms with E-state index in [0.717, 1.165) is 0 Å². The lowest BCUT2D eigenvalue weighted by molar-refractivity contribution is -0.139. The molecule has 104 valence electrons. The lowest BCUT2D eigenvalue weighted by Gasteiger charge is -2.20. The maximum absolute atomic E-state index is 12.9. The summed E-state index contributed by atoms with van der Waals surface area (Å²) in [6, 6.07) is 5.49. The van der Waals surface area contributed by atoms with Crippen LogP contribution in [0.5, 0.6) is 5.75 Å². The average Bonchev–Trinajstić information content (AvgIpc) is 2.37. The standard InChI is InChI=1S/C13H16FNO4/c1-2-15(7-6-13(17)18)12(16)9-19-11-5-3-4-10(14)8-11/h3-5,8H,2,6-7,9H2,1H3,(H,17,18). The van der Waals surface area contributed by atoms with Crippen LogP contribution < -0.4 is 4.74 Å². The minimum absolute atomic E-state index is 0.112. The van der Waals surface area contributed by atoms with Gasteiger partial charge in [-0.05, 0) is 19.1 Å². The van der Waals surface area contributed by atoms with Crippen LogP contribution in [0, 0.1) is 5.82 Å². The molecule has 0 aliphatic rings. The van der Waals surface area contributed by atoms with Gasteiger partial charge in [-0.25, -0.2) is 4.39 Å². The van der Waals surface area contributed by atoms with Crippen molar-refractivity contribution in [2.24, 2.45) is 0 Å². The Kier molecular flexibility index (Phi) is 5.78. The number of rotatable bonds is 7. The Morgan fingerprint density at radius 2 is 2.16 bits per heavy atom. The van der Waals surface area contributed by atoms with E-state index in [1.807, 2.05) is 0 Å². The minimum Gasteiger partial charge on any atom is -0.484 e. The molecule has 19 heavy (non-hydrogen) atoms. The summed E-state index contributed by atoms with van der Waals surface area (Å²) in [7, 11) is 0. The molecule has 0 aliphatic heterocycles. The van der Waals surface area contributed by atoms with E-state index in [4.69, 9.17) is 9.84 Å². The molecule has 1 rings (SSSR count). The number of carbonyl (C=O) groups is 2. The predicted octanol–water partition coefficient (Wildman–Crippen LogP) is 1.53. The van der Waals surface area contributed by atoms with Gasteiger partial charge in [-0.1, -0.05) is 6.07 Å². The van der Waals surface area contributed by atoms with Crippen molar-refractivity contribution in [2.45, 2.75) is 13.3 Å². The van der Waals surface area contributed by atoms with E-state index in [2.05, 4.69) is 0 Å². The lowest BCUT2D eigenvalue weighted by atomic mass is 10.3. The monoisotopic (exact) mass is 269 g/mol. The van der Waals surface area contributed by atoms with Gasteiger partial charge in [-0.3, -0.25) is 9.59 Å². The van der Waals surface area contributed by atoms with E-state index in [1.165, 1.54) is 23.1 Å². The summed E-state index contributed by atoms with van der Waals surface area (Å²) >= 11 is 0. The smallest absolute Gasteiger partial charge is 0.305 e. The fraction of sp³-hybridized carbons (Fsp3) is 0.385. The van der Waals surface area contributed by atoms with Crippen molar-refractivity contribution in [3.8, 4) is 5.75 Å². The zero-order valence-electron chi connectivity index (χ0n) is 10.6. The molecule has 1 aromatic carbocycles. The van der Waals surface area contributed by atoms with Crippen LogP contribution in [0.2, 0.25) is 0 Å². The van der Waals surface area contributed by atoms with E-state index in [-0.39, 0.29) is 31.2 Å². The molecular weight excluding hydrogens is 253 g/mol. The Morgan fingerprint density at radius 1 is 1.42 bits per heavy atom. The molecule has 0 atom stereocenters. The third-order valence-corrected chi connectivity index (χ3v) is 2.49. The highest BCUT2D eigenvalue weighted by molar-refractivity contribution is 5.78. The third kappa shape index (κ3) is 5.37. The van der Waals surface area contributed by atoms with Crippen molar-refractivity contribution in [3.63, 3.8) is 0 Å². The number of aliphatic carboxylic acids is 1. The summed E-state index contributed by atoms with van der Waals surface area (Å²) < 4.78 is 18.0. The first-order chi connectivity index (χ1) is 9.02. The molecule has 6 heteroatoms. The van der Waals surface area contributed by atoms with E-state index < -0.39 is 11.8 Å². The molecule has 0 saturated heterocycles. The van der Waals surface area contributed by atoms with Gasteiger partial charge in [0.05, 0.1) is 6.42 Å². The van der Waals surface area contributed by atoms with Gasteiger partial charge >= 0.3 is 5.97 Å². The molecule has 1 amide bonds. The van der Waals surface area contributed by atoms with Crippen LogP contribution in [-0.4, -0.2) is 41.6 Å². The highest BCUT2D eigenvalue weighted by Gasteiger charge is 2.13. The molecular formula is C13H16FNO4. The van der Waals surface area contributed by atoms with Gasteiger partial charge in [-0.2, -0.15) is 0 Å². The van der Waals surface area contributed by atoms with Gasteiger partial charge in [0.2, 0.25) is 0 Å². The number of halogens is 1. The Hall–Kier alpha value is -2.11. The van der Waals surface area contributed by atoms with Gasteiger partial charge in [0.1, 0.15) is 11.6 Å². The Balaban J connectivity index is 2.46. The number of ether oxygens (including phenoxy) is 1. The Labute approximate surface area is 110 Å². The summed E-state index contributed by atoms with van der Waals surface area (Å²) in [4.78, 5) is 23.6. The molecule has 0 spiro atoms. The van der Waals surface area contributed by atoms with E-state index in [0.29, 0.717) is 6.54 Å².